The first-order valence-corrected chi connectivity index (χ1v) is 10.3. The molecule has 2 amide bonds. The van der Waals surface area contributed by atoms with E-state index in [9.17, 15) is 31.5 Å². The van der Waals surface area contributed by atoms with Crippen molar-refractivity contribution in [2.45, 2.75) is 76.4 Å². The van der Waals surface area contributed by atoms with E-state index >= 15 is 0 Å². The molecule has 4 nitrogen and oxygen atoms in total. The van der Waals surface area contributed by atoms with Gasteiger partial charge in [-0.15, -0.1) is 0 Å². The summed E-state index contributed by atoms with van der Waals surface area (Å²) >= 11 is 6.28. The summed E-state index contributed by atoms with van der Waals surface area (Å²) in [6, 6.07) is 3.44. The van der Waals surface area contributed by atoms with Crippen LogP contribution in [-0.4, -0.2) is 30.0 Å². The summed E-state index contributed by atoms with van der Waals surface area (Å²) < 4.78 is 64.7. The molecule has 0 radical (unpaired) electrons. The zero-order chi connectivity index (χ0) is 23.6. The highest BCUT2D eigenvalue weighted by molar-refractivity contribution is 6.31. The van der Waals surface area contributed by atoms with Crippen LogP contribution in [0.3, 0.4) is 0 Å². The van der Waals surface area contributed by atoms with E-state index in [1.165, 1.54) is 6.07 Å². The van der Waals surface area contributed by atoms with E-state index in [4.69, 9.17) is 11.6 Å². The number of hydrogen-bond donors (Lipinski definition) is 2. The normalized spacial score (nSPS) is 18.4. The van der Waals surface area contributed by atoms with Crippen LogP contribution in [0.5, 0.6) is 0 Å². The van der Waals surface area contributed by atoms with Crippen LogP contribution in [0.2, 0.25) is 5.02 Å². The molecule has 0 saturated heterocycles. The number of anilines is 1. The summed E-state index contributed by atoms with van der Waals surface area (Å²) in [4.78, 5) is 24.7. The number of carbonyl (C=O) groups excluding carboxylic acids is 2. The van der Waals surface area contributed by atoms with E-state index in [-0.39, 0.29) is 18.3 Å². The lowest BCUT2D eigenvalue weighted by Gasteiger charge is -2.33. The molecule has 1 aromatic carbocycles. The molecule has 1 aliphatic rings. The monoisotopic (exact) mass is 468 g/mol. The maximum absolute atomic E-state index is 13.5. The molecule has 1 aromatic rings. The Kier molecular flexibility index (Phi) is 7.61. The lowest BCUT2D eigenvalue weighted by molar-refractivity contribution is -0.155. The number of amides is 2. The van der Waals surface area contributed by atoms with Crippen molar-refractivity contribution in [2.24, 2.45) is 5.92 Å². The predicted octanol–water partition coefficient (Wildman–Crippen LogP) is 5.84. The van der Waals surface area contributed by atoms with Crippen molar-refractivity contribution in [1.82, 2.24) is 5.32 Å². The van der Waals surface area contributed by atoms with E-state index < -0.39 is 55.1 Å². The molecular weight excluding hydrogens is 443 g/mol. The van der Waals surface area contributed by atoms with Crippen LogP contribution < -0.4 is 10.6 Å². The van der Waals surface area contributed by atoms with Gasteiger partial charge in [-0.2, -0.15) is 13.2 Å². The molecule has 1 atom stereocenters. The summed E-state index contributed by atoms with van der Waals surface area (Å²) in [5.41, 5.74) is 0.872. The van der Waals surface area contributed by atoms with E-state index in [0.717, 1.165) is 5.56 Å². The molecule has 0 unspecified atom stereocenters. The van der Waals surface area contributed by atoms with Gasteiger partial charge in [-0.3, -0.25) is 9.59 Å². The van der Waals surface area contributed by atoms with E-state index in [0.29, 0.717) is 10.7 Å². The van der Waals surface area contributed by atoms with Gasteiger partial charge in [-0.05, 0) is 41.9 Å². The van der Waals surface area contributed by atoms with Crippen LogP contribution in [0.15, 0.2) is 18.2 Å². The molecule has 0 heterocycles. The third-order valence-corrected chi connectivity index (χ3v) is 5.55. The summed E-state index contributed by atoms with van der Waals surface area (Å²) in [6.07, 6.45) is -7.69. The average molecular weight is 469 g/mol. The van der Waals surface area contributed by atoms with Crippen LogP contribution in [0, 0.1) is 5.92 Å². The molecule has 0 aromatic heterocycles. The first kappa shape index (κ1) is 25.4. The van der Waals surface area contributed by atoms with E-state index in [1.54, 1.807) is 12.1 Å². The Morgan fingerprint density at radius 1 is 1.16 bits per heavy atom. The minimum Gasteiger partial charge on any atom is -0.344 e. The van der Waals surface area contributed by atoms with Gasteiger partial charge < -0.3 is 10.6 Å². The fraction of sp³-hybridized carbons (Fsp3) is 0.619. The fourth-order valence-corrected chi connectivity index (χ4v) is 4.08. The van der Waals surface area contributed by atoms with E-state index in [1.807, 2.05) is 20.8 Å². The van der Waals surface area contributed by atoms with Crippen molar-refractivity contribution < 1.29 is 31.5 Å². The molecule has 1 aliphatic carbocycles. The van der Waals surface area contributed by atoms with Crippen molar-refractivity contribution in [3.8, 4) is 0 Å². The Morgan fingerprint density at radius 2 is 1.74 bits per heavy atom. The second-order valence-corrected chi connectivity index (χ2v) is 9.37. The molecular formula is C21H26ClF5N2O2. The Labute approximate surface area is 182 Å². The van der Waals surface area contributed by atoms with Gasteiger partial charge in [-0.1, -0.05) is 38.4 Å². The summed E-state index contributed by atoms with van der Waals surface area (Å²) in [5.74, 6) is -5.75. The van der Waals surface area contributed by atoms with Gasteiger partial charge in [0.05, 0.1) is 0 Å². The molecule has 1 saturated carbocycles. The summed E-state index contributed by atoms with van der Waals surface area (Å²) in [6.45, 7) is 5.87. The number of benzene rings is 1. The van der Waals surface area contributed by atoms with Gasteiger partial charge in [0.25, 0.3) is 0 Å². The van der Waals surface area contributed by atoms with Crippen LogP contribution in [0.25, 0.3) is 0 Å². The molecule has 2 N–H and O–H groups in total. The van der Waals surface area contributed by atoms with Crippen LogP contribution in [0.1, 0.15) is 58.4 Å². The second-order valence-electron chi connectivity index (χ2n) is 8.96. The zero-order valence-corrected chi connectivity index (χ0v) is 18.3. The average Bonchev–Trinajstić information content (AvgIpc) is 2.57. The van der Waals surface area contributed by atoms with Gasteiger partial charge in [-0.25, -0.2) is 8.78 Å². The first-order valence-electron chi connectivity index (χ1n) is 9.92. The number of hydrogen-bond acceptors (Lipinski definition) is 2. The highest BCUT2D eigenvalue weighted by Gasteiger charge is 2.41. The van der Waals surface area contributed by atoms with Crippen molar-refractivity contribution in [2.75, 3.05) is 5.32 Å². The van der Waals surface area contributed by atoms with Crippen LogP contribution >= 0.6 is 11.6 Å². The van der Waals surface area contributed by atoms with Gasteiger partial charge in [0.1, 0.15) is 12.5 Å². The van der Waals surface area contributed by atoms with Gasteiger partial charge >= 0.3 is 6.18 Å². The lowest BCUT2D eigenvalue weighted by Crippen LogP contribution is -2.50. The van der Waals surface area contributed by atoms with Crippen LogP contribution in [-0.2, 0) is 15.0 Å². The minimum absolute atomic E-state index is 0.0961. The molecule has 10 heteroatoms. The number of nitrogens with one attached hydrogen (secondary N) is 2. The molecule has 1 fully saturated rings. The number of halogens is 6. The topological polar surface area (TPSA) is 58.2 Å². The number of rotatable bonds is 5. The molecule has 31 heavy (non-hydrogen) atoms. The maximum Gasteiger partial charge on any atom is 0.397 e. The van der Waals surface area contributed by atoms with Gasteiger partial charge in [0.2, 0.25) is 17.7 Å². The number of carbonyl (C=O) groups is 2. The molecule has 174 valence electrons. The van der Waals surface area contributed by atoms with Crippen LogP contribution in [0.4, 0.5) is 27.6 Å². The summed E-state index contributed by atoms with van der Waals surface area (Å²) in [7, 11) is 0. The van der Waals surface area contributed by atoms with Gasteiger partial charge in [0, 0.05) is 23.6 Å². The number of alkyl halides is 5. The third kappa shape index (κ3) is 7.63. The predicted molar refractivity (Wildman–Crippen MR) is 108 cm³/mol. The Balaban J connectivity index is 2.19. The van der Waals surface area contributed by atoms with Crippen molar-refractivity contribution in [3.63, 3.8) is 0 Å². The second kappa shape index (κ2) is 9.30. The molecule has 0 bridgehead atoms. The summed E-state index contributed by atoms with van der Waals surface area (Å²) in [5, 5.41) is 5.02. The van der Waals surface area contributed by atoms with Crippen molar-refractivity contribution in [1.29, 1.82) is 0 Å². The zero-order valence-electron chi connectivity index (χ0n) is 17.5. The third-order valence-electron chi connectivity index (χ3n) is 5.24. The highest BCUT2D eigenvalue weighted by Crippen LogP contribution is 2.38. The largest absolute Gasteiger partial charge is 0.397 e. The Morgan fingerprint density at radius 3 is 2.23 bits per heavy atom. The Bertz CT molecular complexity index is 811. The van der Waals surface area contributed by atoms with Crippen molar-refractivity contribution >= 4 is 29.1 Å². The Hall–Kier alpha value is -1.90. The lowest BCUT2D eigenvalue weighted by atomic mass is 9.81. The first-order chi connectivity index (χ1) is 14.1. The van der Waals surface area contributed by atoms with E-state index in [2.05, 4.69) is 10.6 Å². The molecule has 2 rings (SSSR count). The minimum atomic E-state index is -4.75. The quantitative estimate of drug-likeness (QED) is 0.533. The van der Waals surface area contributed by atoms with Crippen molar-refractivity contribution in [3.05, 3.63) is 28.8 Å². The molecule has 0 spiro atoms. The standard InChI is InChI=1S/C21H26ClF5N2O2/c1-19(2,3)14-5-4-13(10-15(14)22)28-18(31)17(29-16(30)11-21(25,26)27)12-6-8-20(23,24)9-7-12/h4-5,10,12,17H,6-9,11H2,1-3H3,(H,28,31)(H,29,30)/t17-/m1/s1. The highest BCUT2D eigenvalue weighted by atomic mass is 35.5. The smallest absolute Gasteiger partial charge is 0.344 e. The fourth-order valence-electron chi connectivity index (χ4n) is 3.62. The molecule has 0 aliphatic heterocycles. The maximum atomic E-state index is 13.5. The van der Waals surface area contributed by atoms with Gasteiger partial charge in [0.15, 0.2) is 0 Å². The SMILES string of the molecule is CC(C)(C)c1ccc(NC(=O)[C@H](NC(=O)CC(F)(F)F)C2CCC(F)(F)CC2)cc1Cl.